The molecule has 6 nitrogen and oxygen atoms in total. The van der Waals surface area contributed by atoms with Gasteiger partial charge in [-0.15, -0.1) is 0 Å². The van der Waals surface area contributed by atoms with E-state index in [4.69, 9.17) is 11.5 Å². The number of likely N-dealkylation sites (N-methyl/N-ethyl adjacent to an activating group) is 1. The van der Waals surface area contributed by atoms with E-state index in [-0.39, 0.29) is 12.5 Å². The number of aromatic nitrogens is 1. The molecule has 0 aliphatic heterocycles. The molecule has 1 rings (SSSR count). The second-order valence-corrected chi connectivity index (χ2v) is 4.14. The zero-order chi connectivity index (χ0) is 13.7. The fourth-order valence-electron chi connectivity index (χ4n) is 1.82. The molecule has 0 saturated carbocycles. The minimum atomic E-state index is -0.522. The van der Waals surface area contributed by atoms with Crippen LogP contribution in [0.1, 0.15) is 30.8 Å². The molecular formula is C12H20N4O2. The Bertz CT molecular complexity index is 439. The van der Waals surface area contributed by atoms with Crippen molar-refractivity contribution in [3.05, 3.63) is 18.0 Å². The number of nitrogens with two attached hydrogens (primary N) is 2. The number of carbonyl (C=O) groups excluding carboxylic acids is 2. The molecule has 0 aliphatic rings. The minimum Gasteiger partial charge on any atom is -0.397 e. The molecule has 1 heterocycles. The van der Waals surface area contributed by atoms with E-state index in [1.54, 1.807) is 23.8 Å². The smallest absolute Gasteiger partial charge is 0.271 e. The van der Waals surface area contributed by atoms with Crippen molar-refractivity contribution in [2.24, 2.45) is 5.73 Å². The molecule has 6 heteroatoms. The topological polar surface area (TPSA) is 94.3 Å². The first-order chi connectivity index (χ1) is 8.49. The number of primary amides is 1. The highest BCUT2D eigenvalue weighted by atomic mass is 16.2. The van der Waals surface area contributed by atoms with Crippen LogP contribution in [0.5, 0.6) is 0 Å². The van der Waals surface area contributed by atoms with Crippen LogP contribution in [0.3, 0.4) is 0 Å². The fourth-order valence-corrected chi connectivity index (χ4v) is 1.82. The highest BCUT2D eigenvalue weighted by molar-refractivity contribution is 5.96. The molecule has 0 saturated heterocycles. The third-order valence-electron chi connectivity index (χ3n) is 2.62. The number of hydrogen-bond acceptors (Lipinski definition) is 3. The molecule has 0 atom stereocenters. The molecule has 4 N–H and O–H groups in total. The summed E-state index contributed by atoms with van der Waals surface area (Å²) in [6, 6.07) is 1.63. The SMILES string of the molecule is CCCn1cc(N)cc1C(=O)N(CC)CC(N)=O. The molecule has 0 radical (unpaired) electrons. The predicted molar refractivity (Wildman–Crippen MR) is 69.9 cm³/mol. The number of nitrogens with zero attached hydrogens (tertiary/aromatic N) is 2. The van der Waals surface area contributed by atoms with Crippen LogP contribution in [-0.2, 0) is 11.3 Å². The van der Waals surface area contributed by atoms with Crippen molar-refractivity contribution >= 4 is 17.5 Å². The second-order valence-electron chi connectivity index (χ2n) is 4.14. The van der Waals surface area contributed by atoms with Crippen molar-refractivity contribution in [1.29, 1.82) is 0 Å². The largest absolute Gasteiger partial charge is 0.397 e. The van der Waals surface area contributed by atoms with Crippen molar-refractivity contribution in [2.75, 3.05) is 18.8 Å². The first kappa shape index (κ1) is 14.1. The predicted octanol–water partition coefficient (Wildman–Crippen LogP) is 0.428. The Morgan fingerprint density at radius 3 is 2.56 bits per heavy atom. The van der Waals surface area contributed by atoms with Gasteiger partial charge in [0, 0.05) is 19.3 Å². The lowest BCUT2D eigenvalue weighted by Crippen LogP contribution is -2.39. The lowest BCUT2D eigenvalue weighted by Gasteiger charge is -2.19. The number of aryl methyl sites for hydroxylation is 1. The second kappa shape index (κ2) is 6.09. The van der Waals surface area contributed by atoms with Gasteiger partial charge in [0.05, 0.1) is 12.2 Å². The summed E-state index contributed by atoms with van der Waals surface area (Å²) in [5.74, 6) is -0.742. The lowest BCUT2D eigenvalue weighted by molar-refractivity contribution is -0.118. The first-order valence-electron chi connectivity index (χ1n) is 6.02. The molecule has 0 fully saturated rings. The molecule has 1 aromatic heterocycles. The van der Waals surface area contributed by atoms with Gasteiger partial charge in [0.25, 0.3) is 5.91 Å². The van der Waals surface area contributed by atoms with E-state index in [0.29, 0.717) is 24.5 Å². The number of anilines is 1. The number of amides is 2. The summed E-state index contributed by atoms with van der Waals surface area (Å²) in [7, 11) is 0. The third kappa shape index (κ3) is 3.26. The summed E-state index contributed by atoms with van der Waals surface area (Å²) in [4.78, 5) is 24.6. The van der Waals surface area contributed by atoms with Gasteiger partial charge in [0.2, 0.25) is 5.91 Å². The zero-order valence-corrected chi connectivity index (χ0v) is 10.8. The minimum absolute atomic E-state index is 0.0768. The Labute approximate surface area is 107 Å². The van der Waals surface area contributed by atoms with E-state index >= 15 is 0 Å². The van der Waals surface area contributed by atoms with Crippen molar-refractivity contribution in [3.63, 3.8) is 0 Å². The molecule has 100 valence electrons. The molecule has 0 aliphatic carbocycles. The van der Waals surface area contributed by atoms with Gasteiger partial charge in [-0.3, -0.25) is 9.59 Å². The van der Waals surface area contributed by atoms with Crippen LogP contribution in [0, 0.1) is 0 Å². The van der Waals surface area contributed by atoms with Gasteiger partial charge in [-0.2, -0.15) is 0 Å². The molecule has 0 unspecified atom stereocenters. The van der Waals surface area contributed by atoms with Crippen LogP contribution in [0.4, 0.5) is 5.69 Å². The van der Waals surface area contributed by atoms with Crippen LogP contribution in [-0.4, -0.2) is 34.4 Å². The third-order valence-corrected chi connectivity index (χ3v) is 2.62. The monoisotopic (exact) mass is 252 g/mol. The average molecular weight is 252 g/mol. The molecule has 2 amide bonds. The van der Waals surface area contributed by atoms with Crippen LogP contribution >= 0.6 is 0 Å². The number of hydrogen-bond donors (Lipinski definition) is 2. The Hall–Kier alpha value is -1.98. The molecule has 0 aromatic carbocycles. The van der Waals surface area contributed by atoms with Gasteiger partial charge in [-0.1, -0.05) is 6.92 Å². The molecule has 0 bridgehead atoms. The Kier molecular flexibility index (Phi) is 4.76. The Morgan fingerprint density at radius 1 is 1.39 bits per heavy atom. The molecule has 18 heavy (non-hydrogen) atoms. The average Bonchev–Trinajstić information content (AvgIpc) is 2.66. The van der Waals surface area contributed by atoms with Crippen molar-refractivity contribution in [3.8, 4) is 0 Å². The van der Waals surface area contributed by atoms with E-state index in [1.807, 2.05) is 6.92 Å². The maximum atomic E-state index is 12.3. The normalized spacial score (nSPS) is 10.3. The maximum absolute atomic E-state index is 12.3. The summed E-state index contributed by atoms with van der Waals surface area (Å²) in [6.45, 7) is 4.89. The van der Waals surface area contributed by atoms with Gasteiger partial charge in [0.15, 0.2) is 0 Å². The van der Waals surface area contributed by atoms with E-state index in [1.165, 1.54) is 4.90 Å². The molecular weight excluding hydrogens is 232 g/mol. The van der Waals surface area contributed by atoms with Gasteiger partial charge in [-0.05, 0) is 19.4 Å². The van der Waals surface area contributed by atoms with Crippen LogP contribution in [0.2, 0.25) is 0 Å². The summed E-state index contributed by atoms with van der Waals surface area (Å²) in [5, 5.41) is 0. The first-order valence-corrected chi connectivity index (χ1v) is 6.02. The van der Waals surface area contributed by atoms with E-state index in [9.17, 15) is 9.59 Å². The summed E-state index contributed by atoms with van der Waals surface area (Å²) >= 11 is 0. The highest BCUT2D eigenvalue weighted by Crippen LogP contribution is 2.13. The van der Waals surface area contributed by atoms with Crippen LogP contribution in [0.25, 0.3) is 0 Å². The van der Waals surface area contributed by atoms with E-state index in [2.05, 4.69) is 0 Å². The van der Waals surface area contributed by atoms with E-state index in [0.717, 1.165) is 6.42 Å². The maximum Gasteiger partial charge on any atom is 0.271 e. The van der Waals surface area contributed by atoms with Crippen molar-refractivity contribution in [2.45, 2.75) is 26.8 Å². The molecule has 1 aromatic rings. The van der Waals surface area contributed by atoms with Gasteiger partial charge in [-0.25, -0.2) is 0 Å². The standard InChI is InChI=1S/C12H20N4O2/c1-3-5-16-7-9(13)6-10(16)12(18)15(4-2)8-11(14)17/h6-7H,3-5,8,13H2,1-2H3,(H2,14,17). The van der Waals surface area contributed by atoms with Crippen LogP contribution in [0.15, 0.2) is 12.3 Å². The number of nitrogen functional groups attached to an aromatic ring is 1. The van der Waals surface area contributed by atoms with Crippen LogP contribution < -0.4 is 11.5 Å². The van der Waals surface area contributed by atoms with Gasteiger partial charge >= 0.3 is 0 Å². The Morgan fingerprint density at radius 2 is 2.06 bits per heavy atom. The summed E-state index contributed by atoms with van der Waals surface area (Å²) < 4.78 is 1.81. The van der Waals surface area contributed by atoms with Crippen molar-refractivity contribution < 1.29 is 9.59 Å². The van der Waals surface area contributed by atoms with Gasteiger partial charge < -0.3 is 20.9 Å². The highest BCUT2D eigenvalue weighted by Gasteiger charge is 2.19. The lowest BCUT2D eigenvalue weighted by atomic mass is 10.3. The van der Waals surface area contributed by atoms with Gasteiger partial charge in [0.1, 0.15) is 5.69 Å². The zero-order valence-electron chi connectivity index (χ0n) is 10.8. The molecule has 0 spiro atoms. The fraction of sp³-hybridized carbons (Fsp3) is 0.500. The Balaban J connectivity index is 2.96. The quantitative estimate of drug-likeness (QED) is 0.768. The summed E-state index contributed by atoms with van der Waals surface area (Å²) in [5.41, 5.74) is 11.9. The summed E-state index contributed by atoms with van der Waals surface area (Å²) in [6.07, 6.45) is 2.63. The van der Waals surface area contributed by atoms with Crippen molar-refractivity contribution in [1.82, 2.24) is 9.47 Å². The number of rotatable bonds is 6. The number of carbonyl (C=O) groups is 2. The van der Waals surface area contributed by atoms with E-state index < -0.39 is 5.91 Å².